The Morgan fingerprint density at radius 2 is 1.95 bits per heavy atom. The first kappa shape index (κ1) is 14.1. The number of H-pyrrole nitrogens is 1. The van der Waals surface area contributed by atoms with Crippen LogP contribution < -0.4 is 4.72 Å². The predicted molar refractivity (Wildman–Crippen MR) is 81.2 cm³/mol. The fraction of sp³-hybridized carbons (Fsp3) is 0.357. The van der Waals surface area contributed by atoms with Crippen molar-refractivity contribution < 1.29 is 8.42 Å². The van der Waals surface area contributed by atoms with E-state index >= 15 is 0 Å². The van der Waals surface area contributed by atoms with Gasteiger partial charge in [-0.25, -0.2) is 0 Å². The van der Waals surface area contributed by atoms with Crippen molar-refractivity contribution in [1.82, 2.24) is 14.5 Å². The number of hydrogen-bond acceptors (Lipinski definition) is 3. The molecule has 3 rings (SSSR count). The quantitative estimate of drug-likeness (QED) is 0.906. The fourth-order valence-corrected chi connectivity index (χ4v) is 3.90. The lowest BCUT2D eigenvalue weighted by Crippen LogP contribution is -2.39. The molecule has 1 aromatic heterocycles. The summed E-state index contributed by atoms with van der Waals surface area (Å²) in [5.41, 5.74) is 4.19. The van der Waals surface area contributed by atoms with Gasteiger partial charge in [-0.15, -0.1) is 0 Å². The molecule has 0 unspecified atom stereocenters. The Kier molecular flexibility index (Phi) is 3.46. The van der Waals surface area contributed by atoms with Crippen LogP contribution in [0.4, 0.5) is 5.69 Å². The smallest absolute Gasteiger partial charge is 0.280 e. The van der Waals surface area contributed by atoms with E-state index in [2.05, 4.69) is 21.0 Å². The average Bonchev–Trinajstić information content (AvgIpc) is 2.78. The molecule has 0 spiro atoms. The van der Waals surface area contributed by atoms with Gasteiger partial charge in [0, 0.05) is 13.1 Å². The van der Waals surface area contributed by atoms with Gasteiger partial charge in [0.15, 0.2) is 0 Å². The first-order valence-corrected chi connectivity index (χ1v) is 8.27. The van der Waals surface area contributed by atoms with E-state index in [4.69, 9.17) is 0 Å². The number of aryl methyl sites for hydroxylation is 2. The minimum atomic E-state index is -3.57. The van der Waals surface area contributed by atoms with E-state index < -0.39 is 10.2 Å². The summed E-state index contributed by atoms with van der Waals surface area (Å²) < 4.78 is 29.2. The zero-order chi connectivity index (χ0) is 15.0. The summed E-state index contributed by atoms with van der Waals surface area (Å²) >= 11 is 0. The fourth-order valence-electron chi connectivity index (χ4n) is 2.57. The maximum absolute atomic E-state index is 12.5. The molecule has 1 aliphatic heterocycles. The third-order valence-corrected chi connectivity index (χ3v) is 5.25. The molecule has 1 aromatic carbocycles. The van der Waals surface area contributed by atoms with Crippen LogP contribution in [0.25, 0.3) is 0 Å². The van der Waals surface area contributed by atoms with E-state index in [1.807, 2.05) is 18.2 Å². The van der Waals surface area contributed by atoms with Crippen molar-refractivity contribution in [2.45, 2.75) is 26.8 Å². The number of aromatic amines is 1. The molecule has 1 aliphatic rings. The predicted octanol–water partition coefficient (Wildman–Crippen LogP) is 1.74. The second-order valence-electron chi connectivity index (χ2n) is 5.27. The molecule has 0 radical (unpaired) electrons. The van der Waals surface area contributed by atoms with E-state index in [0.717, 1.165) is 12.0 Å². The minimum absolute atomic E-state index is 0.404. The SMILES string of the molecule is Cc1n[nH]c(C)c1NS(=O)(=O)N1CCc2ccccc2C1. The monoisotopic (exact) mass is 306 g/mol. The Balaban J connectivity index is 1.84. The van der Waals surface area contributed by atoms with Gasteiger partial charge in [0.05, 0.1) is 17.1 Å². The van der Waals surface area contributed by atoms with Crippen LogP contribution in [0.15, 0.2) is 24.3 Å². The number of fused-ring (bicyclic) bond motifs is 1. The number of aromatic nitrogens is 2. The lowest BCUT2D eigenvalue weighted by molar-refractivity contribution is 0.394. The Morgan fingerprint density at radius 1 is 1.24 bits per heavy atom. The van der Waals surface area contributed by atoms with Crippen LogP contribution in [0.3, 0.4) is 0 Å². The number of hydrogen-bond donors (Lipinski definition) is 2. The molecule has 2 aromatic rings. The van der Waals surface area contributed by atoms with Crippen LogP contribution in [0, 0.1) is 13.8 Å². The second-order valence-corrected chi connectivity index (χ2v) is 6.94. The summed E-state index contributed by atoms with van der Waals surface area (Å²) in [6.07, 6.45) is 0.737. The number of benzene rings is 1. The molecule has 112 valence electrons. The van der Waals surface area contributed by atoms with Gasteiger partial charge in [0.1, 0.15) is 0 Å². The second kappa shape index (κ2) is 5.16. The number of nitrogens with one attached hydrogen (secondary N) is 2. The van der Waals surface area contributed by atoms with Gasteiger partial charge in [0.2, 0.25) is 0 Å². The van der Waals surface area contributed by atoms with E-state index in [9.17, 15) is 8.42 Å². The first-order chi connectivity index (χ1) is 9.97. The molecule has 0 aliphatic carbocycles. The number of nitrogens with zero attached hydrogens (tertiary/aromatic N) is 2. The van der Waals surface area contributed by atoms with Crippen LogP contribution >= 0.6 is 0 Å². The standard InChI is InChI=1S/C14H18N4O2S/c1-10-14(11(2)16-15-10)17-21(19,20)18-8-7-12-5-3-4-6-13(12)9-18/h3-6,17H,7-9H2,1-2H3,(H,15,16). The van der Waals surface area contributed by atoms with Crippen molar-refractivity contribution >= 4 is 15.9 Å². The molecular weight excluding hydrogens is 288 g/mol. The summed E-state index contributed by atoms with van der Waals surface area (Å²) in [5.74, 6) is 0. The van der Waals surface area contributed by atoms with Crippen molar-refractivity contribution in [3.63, 3.8) is 0 Å². The zero-order valence-corrected chi connectivity index (χ0v) is 12.9. The van der Waals surface area contributed by atoms with E-state index in [0.29, 0.717) is 30.2 Å². The normalized spacial score (nSPS) is 15.7. The van der Waals surface area contributed by atoms with Crippen molar-refractivity contribution in [3.8, 4) is 0 Å². The molecular formula is C14H18N4O2S. The van der Waals surface area contributed by atoms with Crippen LogP contribution in [0.5, 0.6) is 0 Å². The molecule has 0 amide bonds. The van der Waals surface area contributed by atoms with E-state index in [1.165, 1.54) is 9.87 Å². The van der Waals surface area contributed by atoms with Gasteiger partial charge in [0.25, 0.3) is 0 Å². The Morgan fingerprint density at radius 3 is 2.62 bits per heavy atom. The molecule has 0 saturated carbocycles. The molecule has 7 heteroatoms. The van der Waals surface area contributed by atoms with Crippen LogP contribution in [0.1, 0.15) is 22.5 Å². The van der Waals surface area contributed by atoms with E-state index in [1.54, 1.807) is 13.8 Å². The van der Waals surface area contributed by atoms with Crippen molar-refractivity contribution in [1.29, 1.82) is 0 Å². The van der Waals surface area contributed by atoms with Crippen LogP contribution in [0.2, 0.25) is 0 Å². The summed E-state index contributed by atoms with van der Waals surface area (Å²) in [4.78, 5) is 0. The van der Waals surface area contributed by atoms with Crippen molar-refractivity contribution in [2.24, 2.45) is 0 Å². The molecule has 0 saturated heterocycles. The van der Waals surface area contributed by atoms with Gasteiger partial charge in [-0.3, -0.25) is 9.82 Å². The highest BCUT2D eigenvalue weighted by Crippen LogP contribution is 2.24. The van der Waals surface area contributed by atoms with Gasteiger partial charge >= 0.3 is 10.2 Å². The summed E-state index contributed by atoms with van der Waals surface area (Å²) in [6, 6.07) is 7.95. The van der Waals surface area contributed by atoms with Crippen LogP contribution in [-0.2, 0) is 23.2 Å². The summed E-state index contributed by atoms with van der Waals surface area (Å²) in [7, 11) is -3.57. The lowest BCUT2D eigenvalue weighted by Gasteiger charge is -2.28. The summed E-state index contributed by atoms with van der Waals surface area (Å²) in [6.45, 7) is 4.46. The van der Waals surface area contributed by atoms with Crippen molar-refractivity contribution in [3.05, 3.63) is 46.8 Å². The third kappa shape index (κ3) is 2.66. The Hall–Kier alpha value is -1.86. The summed E-state index contributed by atoms with van der Waals surface area (Å²) in [5, 5.41) is 6.79. The molecule has 21 heavy (non-hydrogen) atoms. The highest BCUT2D eigenvalue weighted by Gasteiger charge is 2.27. The van der Waals surface area contributed by atoms with Crippen molar-refractivity contribution in [2.75, 3.05) is 11.3 Å². The molecule has 2 heterocycles. The van der Waals surface area contributed by atoms with Crippen LogP contribution in [-0.4, -0.2) is 29.5 Å². The molecule has 0 fully saturated rings. The number of anilines is 1. The molecule has 0 atom stereocenters. The number of rotatable bonds is 3. The highest BCUT2D eigenvalue weighted by molar-refractivity contribution is 7.90. The van der Waals surface area contributed by atoms with Gasteiger partial charge < -0.3 is 0 Å². The third-order valence-electron chi connectivity index (χ3n) is 3.79. The topological polar surface area (TPSA) is 78.1 Å². The Bertz CT molecular complexity index is 748. The lowest BCUT2D eigenvalue weighted by atomic mass is 10.0. The van der Waals surface area contributed by atoms with E-state index in [-0.39, 0.29) is 0 Å². The largest absolute Gasteiger partial charge is 0.302 e. The van der Waals surface area contributed by atoms with Gasteiger partial charge in [-0.2, -0.15) is 17.8 Å². The molecule has 0 bridgehead atoms. The Labute approximate surface area is 124 Å². The highest BCUT2D eigenvalue weighted by atomic mass is 32.2. The molecule has 6 nitrogen and oxygen atoms in total. The maximum Gasteiger partial charge on any atom is 0.302 e. The zero-order valence-electron chi connectivity index (χ0n) is 12.0. The van der Waals surface area contributed by atoms with Gasteiger partial charge in [-0.1, -0.05) is 24.3 Å². The maximum atomic E-state index is 12.5. The minimum Gasteiger partial charge on any atom is -0.280 e. The van der Waals surface area contributed by atoms with Gasteiger partial charge in [-0.05, 0) is 31.4 Å². The average molecular weight is 306 g/mol. The first-order valence-electron chi connectivity index (χ1n) is 6.83. The molecule has 2 N–H and O–H groups in total.